The molecule has 0 amide bonds. The van der Waals surface area contributed by atoms with Crippen LogP contribution in [0.3, 0.4) is 0 Å². The molecule has 1 nitrogen and oxygen atoms in total. The van der Waals surface area contributed by atoms with Crippen LogP contribution in [0.4, 0.5) is 13.2 Å². The predicted octanol–water partition coefficient (Wildman–Crippen LogP) is 4.62. The van der Waals surface area contributed by atoms with Crippen molar-refractivity contribution in [1.82, 2.24) is 0 Å². The van der Waals surface area contributed by atoms with Gasteiger partial charge in [0.2, 0.25) is 0 Å². The van der Waals surface area contributed by atoms with Gasteiger partial charge in [0.25, 0.3) is 0 Å². The average Bonchev–Trinajstić information content (AvgIpc) is 2.46. The molecule has 2 aromatic carbocycles. The van der Waals surface area contributed by atoms with Crippen LogP contribution in [-0.2, 0) is 6.18 Å². The molecule has 0 saturated heterocycles. The monoisotopic (exact) mass is 278 g/mol. The number of hydrogen-bond acceptors (Lipinski definition) is 1. The zero-order chi connectivity index (χ0) is 14.2. The van der Waals surface area contributed by atoms with Gasteiger partial charge in [0.15, 0.2) is 0 Å². The standard InChI is InChI=1S/C16H13F3O/c17-16(18,19)12-7-5-11(6-8-12)13-9-10-20-15-4-2-1-3-14(13)15/h1-8,13H,9-10H2. The summed E-state index contributed by atoms with van der Waals surface area (Å²) in [6, 6.07) is 13.1. The molecule has 0 N–H and O–H groups in total. The lowest BCUT2D eigenvalue weighted by Crippen LogP contribution is -2.15. The van der Waals surface area contributed by atoms with E-state index in [9.17, 15) is 13.2 Å². The zero-order valence-electron chi connectivity index (χ0n) is 10.7. The highest BCUT2D eigenvalue weighted by atomic mass is 19.4. The van der Waals surface area contributed by atoms with Crippen molar-refractivity contribution in [3.8, 4) is 5.75 Å². The van der Waals surface area contributed by atoms with Crippen molar-refractivity contribution < 1.29 is 17.9 Å². The van der Waals surface area contributed by atoms with Crippen LogP contribution in [0, 0.1) is 0 Å². The molecular formula is C16H13F3O. The van der Waals surface area contributed by atoms with E-state index in [4.69, 9.17) is 4.74 Å². The molecular weight excluding hydrogens is 265 g/mol. The highest BCUT2D eigenvalue weighted by Crippen LogP contribution is 2.38. The molecule has 3 rings (SSSR count). The lowest BCUT2D eigenvalue weighted by atomic mass is 9.86. The van der Waals surface area contributed by atoms with E-state index in [1.54, 1.807) is 12.1 Å². The van der Waals surface area contributed by atoms with Gasteiger partial charge in [-0.25, -0.2) is 0 Å². The summed E-state index contributed by atoms with van der Waals surface area (Å²) in [6.45, 7) is 0.586. The second-order valence-electron chi connectivity index (χ2n) is 4.85. The lowest BCUT2D eigenvalue weighted by molar-refractivity contribution is -0.137. The fraction of sp³-hybridized carbons (Fsp3) is 0.250. The van der Waals surface area contributed by atoms with Crippen molar-refractivity contribution in [2.75, 3.05) is 6.61 Å². The molecule has 1 aliphatic rings. The van der Waals surface area contributed by atoms with Crippen molar-refractivity contribution in [1.29, 1.82) is 0 Å². The zero-order valence-corrected chi connectivity index (χ0v) is 10.7. The Labute approximate surface area is 115 Å². The van der Waals surface area contributed by atoms with Crippen LogP contribution in [0.2, 0.25) is 0 Å². The first-order chi connectivity index (χ1) is 9.55. The first-order valence-electron chi connectivity index (χ1n) is 6.44. The molecule has 20 heavy (non-hydrogen) atoms. The van der Waals surface area contributed by atoms with Gasteiger partial charge in [-0.2, -0.15) is 13.2 Å². The molecule has 1 heterocycles. The molecule has 0 saturated carbocycles. The maximum Gasteiger partial charge on any atom is 0.416 e. The summed E-state index contributed by atoms with van der Waals surface area (Å²) < 4.78 is 43.3. The number of rotatable bonds is 1. The van der Waals surface area contributed by atoms with Crippen LogP contribution < -0.4 is 4.74 Å². The lowest BCUT2D eigenvalue weighted by Gasteiger charge is -2.26. The molecule has 0 bridgehead atoms. The molecule has 0 spiro atoms. The van der Waals surface area contributed by atoms with Crippen LogP contribution in [0.1, 0.15) is 29.0 Å². The molecule has 104 valence electrons. The Bertz CT molecular complexity index is 602. The molecule has 1 atom stereocenters. The van der Waals surface area contributed by atoms with E-state index >= 15 is 0 Å². The second kappa shape index (κ2) is 4.85. The van der Waals surface area contributed by atoms with Gasteiger partial charge in [0.1, 0.15) is 5.75 Å². The molecule has 0 fully saturated rings. The molecule has 1 unspecified atom stereocenters. The summed E-state index contributed by atoms with van der Waals surface area (Å²) >= 11 is 0. The Morgan fingerprint density at radius 2 is 1.65 bits per heavy atom. The van der Waals surface area contributed by atoms with E-state index in [-0.39, 0.29) is 5.92 Å². The van der Waals surface area contributed by atoms with E-state index < -0.39 is 11.7 Å². The third-order valence-electron chi connectivity index (χ3n) is 3.60. The summed E-state index contributed by atoms with van der Waals surface area (Å²) in [5.74, 6) is 0.922. The van der Waals surface area contributed by atoms with Crippen molar-refractivity contribution in [3.05, 3.63) is 65.2 Å². The third-order valence-corrected chi connectivity index (χ3v) is 3.60. The maximum absolute atomic E-state index is 12.6. The number of fused-ring (bicyclic) bond motifs is 1. The Morgan fingerprint density at radius 3 is 2.35 bits per heavy atom. The van der Waals surface area contributed by atoms with E-state index in [1.165, 1.54) is 0 Å². The topological polar surface area (TPSA) is 9.23 Å². The van der Waals surface area contributed by atoms with Crippen LogP contribution in [-0.4, -0.2) is 6.61 Å². The molecule has 4 heteroatoms. The Hall–Kier alpha value is -1.97. The Balaban J connectivity index is 1.95. The van der Waals surface area contributed by atoms with Crippen LogP contribution in [0.25, 0.3) is 0 Å². The van der Waals surface area contributed by atoms with Gasteiger partial charge in [-0.1, -0.05) is 30.3 Å². The van der Waals surface area contributed by atoms with Crippen molar-refractivity contribution in [3.63, 3.8) is 0 Å². The number of benzene rings is 2. The van der Waals surface area contributed by atoms with Gasteiger partial charge in [-0.3, -0.25) is 0 Å². The smallest absolute Gasteiger partial charge is 0.416 e. The number of para-hydroxylation sites is 1. The van der Waals surface area contributed by atoms with Crippen molar-refractivity contribution >= 4 is 0 Å². The van der Waals surface area contributed by atoms with Gasteiger partial charge >= 0.3 is 6.18 Å². The minimum Gasteiger partial charge on any atom is -0.493 e. The fourth-order valence-electron chi connectivity index (χ4n) is 2.59. The molecule has 1 aliphatic heterocycles. The van der Waals surface area contributed by atoms with Gasteiger partial charge < -0.3 is 4.74 Å². The third kappa shape index (κ3) is 2.38. The van der Waals surface area contributed by atoms with Gasteiger partial charge in [-0.05, 0) is 30.2 Å². The van der Waals surface area contributed by atoms with Crippen LogP contribution in [0.5, 0.6) is 5.75 Å². The number of halogens is 3. The minimum absolute atomic E-state index is 0.0993. The predicted molar refractivity (Wildman–Crippen MR) is 69.8 cm³/mol. The van der Waals surface area contributed by atoms with E-state index in [2.05, 4.69) is 0 Å². The maximum atomic E-state index is 12.6. The SMILES string of the molecule is FC(F)(F)c1ccc(C2CCOc3ccccc32)cc1. The molecule has 0 aliphatic carbocycles. The van der Waals surface area contributed by atoms with Crippen LogP contribution in [0.15, 0.2) is 48.5 Å². The summed E-state index contributed by atoms with van der Waals surface area (Å²) in [4.78, 5) is 0. The normalized spacial score (nSPS) is 18.2. The quantitative estimate of drug-likeness (QED) is 0.739. The highest BCUT2D eigenvalue weighted by molar-refractivity contribution is 5.44. The summed E-state index contributed by atoms with van der Waals surface area (Å²) in [6.07, 6.45) is -3.51. The summed E-state index contributed by atoms with van der Waals surface area (Å²) in [7, 11) is 0. The largest absolute Gasteiger partial charge is 0.493 e. The van der Waals surface area contributed by atoms with Gasteiger partial charge in [0, 0.05) is 11.5 Å². The molecule has 0 radical (unpaired) electrons. The minimum atomic E-state index is -4.29. The fourth-order valence-corrected chi connectivity index (χ4v) is 2.59. The number of ether oxygens (including phenoxy) is 1. The van der Waals surface area contributed by atoms with Crippen molar-refractivity contribution in [2.45, 2.75) is 18.5 Å². The number of alkyl halides is 3. The highest BCUT2D eigenvalue weighted by Gasteiger charge is 2.30. The van der Waals surface area contributed by atoms with Crippen molar-refractivity contribution in [2.24, 2.45) is 0 Å². The van der Waals surface area contributed by atoms with E-state index in [1.807, 2.05) is 24.3 Å². The van der Waals surface area contributed by atoms with E-state index in [0.717, 1.165) is 35.4 Å². The molecule has 2 aromatic rings. The molecule has 0 aromatic heterocycles. The van der Waals surface area contributed by atoms with Gasteiger partial charge in [-0.15, -0.1) is 0 Å². The first kappa shape index (κ1) is 13.0. The van der Waals surface area contributed by atoms with Gasteiger partial charge in [0.05, 0.1) is 12.2 Å². The van der Waals surface area contributed by atoms with Crippen LogP contribution >= 0.6 is 0 Å². The second-order valence-corrected chi connectivity index (χ2v) is 4.85. The van der Waals surface area contributed by atoms with E-state index in [0.29, 0.717) is 6.61 Å². The Kier molecular flexibility index (Phi) is 3.16. The first-order valence-corrected chi connectivity index (χ1v) is 6.44. The summed E-state index contributed by atoms with van der Waals surface area (Å²) in [5.41, 5.74) is 1.33. The average molecular weight is 278 g/mol. The summed E-state index contributed by atoms with van der Waals surface area (Å²) in [5, 5.41) is 0. The Morgan fingerprint density at radius 1 is 0.950 bits per heavy atom. The number of hydrogen-bond donors (Lipinski definition) is 0.